The van der Waals surface area contributed by atoms with Gasteiger partial charge in [0.2, 0.25) is 0 Å². The summed E-state index contributed by atoms with van der Waals surface area (Å²) in [6.45, 7) is 1.61. The molecule has 0 radical (unpaired) electrons. The molecule has 4 nitrogen and oxygen atoms in total. The summed E-state index contributed by atoms with van der Waals surface area (Å²) in [6, 6.07) is 3.66. The van der Waals surface area contributed by atoms with Crippen LogP contribution in [0.25, 0.3) is 5.65 Å². The van der Waals surface area contributed by atoms with Crippen LogP contribution >= 0.6 is 0 Å². The van der Waals surface area contributed by atoms with Gasteiger partial charge in [0.05, 0.1) is 11.3 Å². The van der Waals surface area contributed by atoms with Crippen LogP contribution in [0.4, 0.5) is 0 Å². The average Bonchev–Trinajstić information content (AvgIpc) is 2.83. The van der Waals surface area contributed by atoms with E-state index in [1.807, 2.05) is 22.9 Å². The van der Waals surface area contributed by atoms with Gasteiger partial charge in [-0.05, 0) is 25.0 Å². The maximum Gasteiger partial charge on any atom is 0.153 e. The Morgan fingerprint density at radius 2 is 2.24 bits per heavy atom. The molecule has 1 fully saturated rings. The minimum atomic E-state index is 0.461. The predicted octanol–water partition coefficient (Wildman–Crippen LogP) is 2.04. The van der Waals surface area contributed by atoms with E-state index in [-0.39, 0.29) is 0 Å². The normalized spacial score (nSPS) is 17.4. The van der Waals surface area contributed by atoms with Gasteiger partial charge in [-0.3, -0.25) is 4.79 Å². The van der Waals surface area contributed by atoms with E-state index in [4.69, 9.17) is 4.74 Å². The first-order valence-corrected chi connectivity index (χ1v) is 5.89. The molecule has 0 amide bonds. The van der Waals surface area contributed by atoms with E-state index in [2.05, 4.69) is 4.98 Å². The van der Waals surface area contributed by atoms with Crippen molar-refractivity contribution in [1.82, 2.24) is 9.38 Å². The van der Waals surface area contributed by atoms with E-state index in [0.717, 1.165) is 43.7 Å². The van der Waals surface area contributed by atoms with Crippen LogP contribution < -0.4 is 0 Å². The molecule has 0 atom stereocenters. The number of hydrogen-bond donors (Lipinski definition) is 0. The van der Waals surface area contributed by atoms with Crippen molar-refractivity contribution in [2.45, 2.75) is 18.8 Å². The molecular weight excluding hydrogens is 216 g/mol. The number of fused-ring (bicyclic) bond motifs is 1. The van der Waals surface area contributed by atoms with E-state index in [0.29, 0.717) is 11.5 Å². The zero-order valence-electron chi connectivity index (χ0n) is 9.50. The van der Waals surface area contributed by atoms with Gasteiger partial charge in [0.25, 0.3) is 0 Å². The second kappa shape index (κ2) is 4.30. The molecule has 3 heterocycles. The summed E-state index contributed by atoms with van der Waals surface area (Å²) in [7, 11) is 0. The third-order valence-corrected chi connectivity index (χ3v) is 3.30. The highest BCUT2D eigenvalue weighted by Gasteiger charge is 2.19. The number of imidazole rings is 1. The fourth-order valence-corrected chi connectivity index (χ4v) is 2.34. The summed E-state index contributed by atoms with van der Waals surface area (Å²) in [6.07, 6.45) is 6.84. The quantitative estimate of drug-likeness (QED) is 0.741. The molecule has 0 aliphatic carbocycles. The summed E-state index contributed by atoms with van der Waals surface area (Å²) in [5, 5.41) is 0. The maximum absolute atomic E-state index is 10.9. The van der Waals surface area contributed by atoms with Gasteiger partial charge in [-0.15, -0.1) is 0 Å². The average molecular weight is 230 g/mol. The molecule has 17 heavy (non-hydrogen) atoms. The van der Waals surface area contributed by atoms with Crippen LogP contribution in [0.15, 0.2) is 24.5 Å². The Morgan fingerprint density at radius 1 is 1.41 bits per heavy atom. The molecule has 0 N–H and O–H groups in total. The Balaban J connectivity index is 2.03. The Hall–Kier alpha value is -1.68. The Labute approximate surface area is 99.2 Å². The molecule has 88 valence electrons. The van der Waals surface area contributed by atoms with Crippen molar-refractivity contribution in [3.63, 3.8) is 0 Å². The minimum absolute atomic E-state index is 0.461. The van der Waals surface area contributed by atoms with Gasteiger partial charge in [0.1, 0.15) is 5.65 Å². The molecule has 4 heteroatoms. The van der Waals surface area contributed by atoms with E-state index < -0.39 is 0 Å². The second-order valence-corrected chi connectivity index (χ2v) is 4.36. The number of nitrogens with zero attached hydrogens (tertiary/aromatic N) is 2. The van der Waals surface area contributed by atoms with Crippen molar-refractivity contribution in [3.8, 4) is 0 Å². The van der Waals surface area contributed by atoms with Gasteiger partial charge in [-0.25, -0.2) is 4.98 Å². The molecule has 1 aliphatic heterocycles. The van der Waals surface area contributed by atoms with Crippen LogP contribution in [0.2, 0.25) is 0 Å². The summed E-state index contributed by atoms with van der Waals surface area (Å²) in [4.78, 5) is 15.5. The van der Waals surface area contributed by atoms with Crippen molar-refractivity contribution < 1.29 is 9.53 Å². The predicted molar refractivity (Wildman–Crippen MR) is 63.4 cm³/mol. The lowest BCUT2D eigenvalue weighted by Crippen LogP contribution is -2.14. The van der Waals surface area contributed by atoms with Gasteiger partial charge >= 0.3 is 0 Å². The smallest absolute Gasteiger partial charge is 0.153 e. The number of carbonyl (C=O) groups is 1. The topological polar surface area (TPSA) is 43.6 Å². The first-order valence-electron chi connectivity index (χ1n) is 5.89. The summed E-state index contributed by atoms with van der Waals surface area (Å²) >= 11 is 0. The van der Waals surface area contributed by atoms with Crippen molar-refractivity contribution in [1.29, 1.82) is 0 Å². The number of rotatable bonds is 2. The highest BCUT2D eigenvalue weighted by atomic mass is 16.5. The highest BCUT2D eigenvalue weighted by Crippen LogP contribution is 2.26. The third kappa shape index (κ3) is 1.85. The standard InChI is InChI=1S/C13H14N2O2/c16-9-11-2-1-5-15-8-12(14-13(11)15)10-3-6-17-7-4-10/h1-2,5,8-10H,3-4,6-7H2. The van der Waals surface area contributed by atoms with Crippen molar-refractivity contribution in [2.75, 3.05) is 13.2 Å². The van der Waals surface area contributed by atoms with E-state index in [1.54, 1.807) is 6.07 Å². The SMILES string of the molecule is O=Cc1cccn2cc(C3CCOCC3)nc12. The number of pyridine rings is 1. The lowest BCUT2D eigenvalue weighted by Gasteiger charge is -2.19. The highest BCUT2D eigenvalue weighted by molar-refractivity contribution is 5.84. The molecule has 1 aliphatic rings. The zero-order valence-corrected chi connectivity index (χ0v) is 9.50. The van der Waals surface area contributed by atoms with Gasteiger partial charge < -0.3 is 9.14 Å². The van der Waals surface area contributed by atoms with E-state index >= 15 is 0 Å². The van der Waals surface area contributed by atoms with Gasteiger partial charge in [-0.2, -0.15) is 0 Å². The first-order chi connectivity index (χ1) is 8.38. The number of aldehydes is 1. The number of hydrogen-bond acceptors (Lipinski definition) is 3. The molecule has 0 bridgehead atoms. The molecular formula is C13H14N2O2. The Morgan fingerprint density at radius 3 is 3.00 bits per heavy atom. The molecule has 0 spiro atoms. The number of ether oxygens (including phenoxy) is 1. The number of aromatic nitrogens is 2. The Bertz CT molecular complexity index is 541. The first kappa shape index (κ1) is 10.5. The van der Waals surface area contributed by atoms with Gasteiger partial charge in [0, 0.05) is 31.5 Å². The van der Waals surface area contributed by atoms with Crippen LogP contribution in [0.3, 0.4) is 0 Å². The molecule has 3 rings (SSSR count). The van der Waals surface area contributed by atoms with Crippen molar-refractivity contribution in [3.05, 3.63) is 35.8 Å². The molecule has 2 aromatic rings. The lowest BCUT2D eigenvalue weighted by atomic mass is 9.97. The fraction of sp³-hybridized carbons (Fsp3) is 0.385. The fourth-order valence-electron chi connectivity index (χ4n) is 2.34. The van der Waals surface area contributed by atoms with Crippen LogP contribution in [0.5, 0.6) is 0 Å². The number of carbonyl (C=O) groups excluding carboxylic acids is 1. The van der Waals surface area contributed by atoms with Gasteiger partial charge in [-0.1, -0.05) is 0 Å². The second-order valence-electron chi connectivity index (χ2n) is 4.36. The summed E-state index contributed by atoms with van der Waals surface area (Å²) in [5.74, 6) is 0.461. The van der Waals surface area contributed by atoms with Crippen LogP contribution in [0.1, 0.15) is 34.8 Å². The molecule has 0 aromatic carbocycles. The van der Waals surface area contributed by atoms with Gasteiger partial charge in [0.15, 0.2) is 6.29 Å². The Kier molecular flexibility index (Phi) is 2.65. The van der Waals surface area contributed by atoms with E-state index in [9.17, 15) is 4.79 Å². The van der Waals surface area contributed by atoms with Crippen LogP contribution in [-0.4, -0.2) is 28.9 Å². The molecule has 2 aromatic heterocycles. The summed E-state index contributed by atoms with van der Waals surface area (Å²) in [5.41, 5.74) is 2.47. The lowest BCUT2D eigenvalue weighted by molar-refractivity contribution is 0.0846. The monoisotopic (exact) mass is 230 g/mol. The molecule has 0 saturated carbocycles. The largest absolute Gasteiger partial charge is 0.381 e. The van der Waals surface area contributed by atoms with Crippen LogP contribution in [0, 0.1) is 0 Å². The zero-order chi connectivity index (χ0) is 11.7. The third-order valence-electron chi connectivity index (χ3n) is 3.30. The van der Waals surface area contributed by atoms with Crippen molar-refractivity contribution >= 4 is 11.9 Å². The minimum Gasteiger partial charge on any atom is -0.381 e. The summed E-state index contributed by atoms with van der Waals surface area (Å²) < 4.78 is 7.27. The maximum atomic E-state index is 10.9. The van der Waals surface area contributed by atoms with Crippen molar-refractivity contribution in [2.24, 2.45) is 0 Å². The van der Waals surface area contributed by atoms with E-state index in [1.165, 1.54) is 0 Å². The van der Waals surface area contributed by atoms with Crippen LogP contribution in [-0.2, 0) is 4.74 Å². The molecule has 1 saturated heterocycles. The molecule has 0 unspecified atom stereocenters.